The van der Waals surface area contributed by atoms with E-state index in [0.717, 1.165) is 4.80 Å². The van der Waals surface area contributed by atoms with Gasteiger partial charge in [-0.2, -0.15) is 31.8 Å². The Morgan fingerprint density at radius 3 is 1.93 bits per heavy atom. The van der Waals surface area contributed by atoms with E-state index >= 15 is 0 Å². The van der Waals surface area contributed by atoms with Crippen LogP contribution in [0.15, 0.2) is 70.7 Å². The summed E-state index contributed by atoms with van der Waals surface area (Å²) in [6.45, 7) is 0. The fraction of sp³-hybridized carbons (Fsp3) is 0. The quantitative estimate of drug-likeness (QED) is 0.482. The van der Waals surface area contributed by atoms with Crippen LogP contribution in [0.3, 0.4) is 0 Å². The molecule has 1 heterocycles. The molecule has 0 bridgehead atoms. The minimum atomic E-state index is -4.58. The SMILES string of the molecule is O=S(=O)(O)c1ccccc1C=C(c1ccccc1S(=O)(=O)O)n1nccn1. The lowest BCUT2D eigenvalue weighted by Gasteiger charge is -2.12. The van der Waals surface area contributed by atoms with Crippen LogP contribution in [0, 0.1) is 0 Å². The van der Waals surface area contributed by atoms with E-state index in [9.17, 15) is 25.9 Å². The lowest BCUT2D eigenvalue weighted by atomic mass is 10.1. The van der Waals surface area contributed by atoms with Crippen LogP contribution >= 0.6 is 0 Å². The Morgan fingerprint density at radius 2 is 1.33 bits per heavy atom. The van der Waals surface area contributed by atoms with E-state index in [4.69, 9.17) is 0 Å². The Labute approximate surface area is 155 Å². The number of nitrogens with zero attached hydrogens (tertiary/aromatic N) is 3. The van der Waals surface area contributed by atoms with Crippen molar-refractivity contribution in [2.45, 2.75) is 9.79 Å². The van der Waals surface area contributed by atoms with Crippen molar-refractivity contribution in [3.8, 4) is 0 Å². The average Bonchev–Trinajstić information content (AvgIpc) is 3.13. The molecule has 0 spiro atoms. The van der Waals surface area contributed by atoms with Crippen LogP contribution in [-0.4, -0.2) is 40.9 Å². The van der Waals surface area contributed by atoms with Crippen molar-refractivity contribution in [3.63, 3.8) is 0 Å². The van der Waals surface area contributed by atoms with Gasteiger partial charge in [-0.15, -0.1) is 0 Å². The molecule has 2 N–H and O–H groups in total. The van der Waals surface area contributed by atoms with Crippen LogP contribution in [0.25, 0.3) is 11.8 Å². The minimum absolute atomic E-state index is 0.0429. The second-order valence-electron chi connectivity index (χ2n) is 5.33. The molecular weight excluding hydrogens is 394 g/mol. The maximum atomic E-state index is 11.7. The Morgan fingerprint density at radius 1 is 0.815 bits per heavy atom. The molecule has 1 aromatic heterocycles. The van der Waals surface area contributed by atoms with Gasteiger partial charge >= 0.3 is 0 Å². The van der Waals surface area contributed by atoms with E-state index in [1.807, 2.05) is 0 Å². The maximum absolute atomic E-state index is 11.7. The molecule has 140 valence electrons. The number of aromatic nitrogens is 3. The van der Waals surface area contributed by atoms with Crippen molar-refractivity contribution in [2.24, 2.45) is 0 Å². The van der Waals surface area contributed by atoms with Gasteiger partial charge in [-0.1, -0.05) is 36.4 Å². The van der Waals surface area contributed by atoms with Crippen LogP contribution in [0.4, 0.5) is 0 Å². The maximum Gasteiger partial charge on any atom is 0.295 e. The smallest absolute Gasteiger partial charge is 0.282 e. The molecule has 0 aliphatic rings. The first-order valence-corrected chi connectivity index (χ1v) is 10.3. The van der Waals surface area contributed by atoms with E-state index < -0.39 is 25.1 Å². The predicted molar refractivity (Wildman–Crippen MR) is 95.8 cm³/mol. The summed E-state index contributed by atoms with van der Waals surface area (Å²) >= 11 is 0. The van der Waals surface area contributed by atoms with E-state index in [0.29, 0.717) is 0 Å². The molecule has 3 rings (SSSR count). The monoisotopic (exact) mass is 407 g/mol. The van der Waals surface area contributed by atoms with Gasteiger partial charge in [-0.05, 0) is 23.8 Å². The molecule has 0 fully saturated rings. The molecule has 0 unspecified atom stereocenters. The average molecular weight is 407 g/mol. The summed E-state index contributed by atoms with van der Waals surface area (Å²) in [4.78, 5) is 0.294. The van der Waals surface area contributed by atoms with Gasteiger partial charge in [-0.3, -0.25) is 9.11 Å². The summed E-state index contributed by atoms with van der Waals surface area (Å²) < 4.78 is 65.7. The number of hydrogen-bond acceptors (Lipinski definition) is 6. The highest BCUT2D eigenvalue weighted by atomic mass is 32.2. The second-order valence-corrected chi connectivity index (χ2v) is 8.11. The third kappa shape index (κ3) is 4.11. The fourth-order valence-electron chi connectivity index (χ4n) is 2.47. The van der Waals surface area contributed by atoms with Crippen LogP contribution in [0.1, 0.15) is 11.1 Å². The lowest BCUT2D eigenvalue weighted by Crippen LogP contribution is -2.09. The molecule has 11 heteroatoms. The largest absolute Gasteiger partial charge is 0.295 e. The Kier molecular flexibility index (Phi) is 4.93. The highest BCUT2D eigenvalue weighted by molar-refractivity contribution is 7.86. The minimum Gasteiger partial charge on any atom is -0.282 e. The normalized spacial score (nSPS) is 12.9. The molecule has 0 atom stereocenters. The number of benzene rings is 2. The van der Waals surface area contributed by atoms with Crippen LogP contribution in [0.5, 0.6) is 0 Å². The van der Waals surface area contributed by atoms with Gasteiger partial charge in [0, 0.05) is 5.56 Å². The molecule has 27 heavy (non-hydrogen) atoms. The lowest BCUT2D eigenvalue weighted by molar-refractivity contribution is 0.480. The Balaban J connectivity index is 2.34. The van der Waals surface area contributed by atoms with Gasteiger partial charge in [0.1, 0.15) is 9.79 Å². The van der Waals surface area contributed by atoms with Crippen molar-refractivity contribution in [1.29, 1.82) is 0 Å². The summed E-state index contributed by atoms with van der Waals surface area (Å²) in [5.41, 5.74) is 0.197. The Bertz CT molecular complexity index is 1220. The first kappa shape index (κ1) is 18.9. The van der Waals surface area contributed by atoms with Crippen molar-refractivity contribution in [1.82, 2.24) is 15.0 Å². The molecule has 0 aliphatic carbocycles. The third-order valence-electron chi connectivity index (χ3n) is 3.56. The Hall–Kier alpha value is -2.86. The zero-order chi connectivity index (χ0) is 19.7. The molecule has 0 amide bonds. The van der Waals surface area contributed by atoms with Gasteiger partial charge in [0.15, 0.2) is 0 Å². The van der Waals surface area contributed by atoms with E-state index in [-0.39, 0.29) is 21.7 Å². The van der Waals surface area contributed by atoms with Crippen molar-refractivity contribution < 1.29 is 25.9 Å². The van der Waals surface area contributed by atoms with Crippen LogP contribution < -0.4 is 0 Å². The topological polar surface area (TPSA) is 139 Å². The van der Waals surface area contributed by atoms with E-state index in [2.05, 4.69) is 10.2 Å². The first-order valence-electron chi connectivity index (χ1n) is 7.40. The molecule has 9 nitrogen and oxygen atoms in total. The van der Waals surface area contributed by atoms with E-state index in [1.165, 1.54) is 60.9 Å². The second kappa shape index (κ2) is 7.04. The highest BCUT2D eigenvalue weighted by Crippen LogP contribution is 2.27. The number of rotatable bonds is 5. The van der Waals surface area contributed by atoms with Crippen molar-refractivity contribution in [2.75, 3.05) is 0 Å². The van der Waals surface area contributed by atoms with Crippen molar-refractivity contribution >= 4 is 32.0 Å². The van der Waals surface area contributed by atoms with Crippen molar-refractivity contribution in [3.05, 3.63) is 72.1 Å². The molecule has 0 radical (unpaired) electrons. The molecule has 0 saturated carbocycles. The van der Waals surface area contributed by atoms with Gasteiger partial charge in [0.05, 0.1) is 18.1 Å². The highest BCUT2D eigenvalue weighted by Gasteiger charge is 2.21. The van der Waals surface area contributed by atoms with Gasteiger partial charge in [0.2, 0.25) is 0 Å². The molecule has 0 saturated heterocycles. The van der Waals surface area contributed by atoms with Crippen LogP contribution in [0.2, 0.25) is 0 Å². The molecule has 2 aromatic carbocycles. The predicted octanol–water partition coefficient (Wildman–Crippen LogP) is 1.82. The summed E-state index contributed by atoms with van der Waals surface area (Å²) in [5.74, 6) is 0. The summed E-state index contributed by atoms with van der Waals surface area (Å²) in [7, 11) is -9.11. The zero-order valence-corrected chi connectivity index (χ0v) is 15.2. The van der Waals surface area contributed by atoms with Gasteiger partial charge < -0.3 is 0 Å². The first-order chi connectivity index (χ1) is 12.7. The van der Waals surface area contributed by atoms with E-state index in [1.54, 1.807) is 6.07 Å². The summed E-state index contributed by atoms with van der Waals surface area (Å²) in [5, 5.41) is 7.91. The zero-order valence-electron chi connectivity index (χ0n) is 13.5. The van der Waals surface area contributed by atoms with Gasteiger partial charge in [-0.25, -0.2) is 0 Å². The molecule has 3 aromatic rings. The molecule has 0 aliphatic heterocycles. The summed E-state index contributed by atoms with van der Waals surface area (Å²) in [6.07, 6.45) is 3.99. The number of hydrogen-bond donors (Lipinski definition) is 2. The summed E-state index contributed by atoms with van der Waals surface area (Å²) in [6, 6.07) is 11.2. The standard InChI is InChI=1S/C16H13N3O6S2/c20-26(21,22)15-7-3-1-5-12(15)11-14(19-17-9-10-18-19)13-6-2-4-8-16(13)27(23,24)25/h1-11H,(H,20,21,22)(H,23,24,25). The fourth-order valence-corrected chi connectivity index (χ4v) is 3.84. The third-order valence-corrected chi connectivity index (χ3v) is 5.40. The molecular formula is C16H13N3O6S2. The van der Waals surface area contributed by atoms with Gasteiger partial charge in [0.25, 0.3) is 20.2 Å². The van der Waals surface area contributed by atoms with Crippen LogP contribution in [-0.2, 0) is 20.2 Å².